The van der Waals surface area contributed by atoms with Gasteiger partial charge in [-0.2, -0.15) is 19.6 Å². The molecular formula is C16H19F2N5O2. The number of alkyl halides is 2. The van der Waals surface area contributed by atoms with Gasteiger partial charge in [0.15, 0.2) is 5.65 Å². The van der Waals surface area contributed by atoms with Crippen molar-refractivity contribution in [2.75, 3.05) is 12.0 Å². The lowest BCUT2D eigenvalue weighted by atomic mass is 10.0. The zero-order valence-electron chi connectivity index (χ0n) is 14.0. The molecule has 2 aromatic rings. The van der Waals surface area contributed by atoms with Crippen LogP contribution in [0, 0.1) is 0 Å². The van der Waals surface area contributed by atoms with Crippen molar-refractivity contribution in [1.29, 1.82) is 0 Å². The molecule has 7 nitrogen and oxygen atoms in total. The van der Waals surface area contributed by atoms with Crippen molar-refractivity contribution in [1.82, 2.24) is 19.6 Å². The number of nitrogens with zero attached hydrogens (tertiary/aromatic N) is 5. The smallest absolute Gasteiger partial charge is 0.321 e. The van der Waals surface area contributed by atoms with Crippen molar-refractivity contribution in [3.05, 3.63) is 11.8 Å². The summed E-state index contributed by atoms with van der Waals surface area (Å²) in [7, 11) is 1.52. The van der Waals surface area contributed by atoms with E-state index in [4.69, 9.17) is 9.47 Å². The molecule has 6 rings (SSSR count). The zero-order valence-corrected chi connectivity index (χ0v) is 14.0. The summed E-state index contributed by atoms with van der Waals surface area (Å²) < 4.78 is 39.1. The van der Waals surface area contributed by atoms with Crippen LogP contribution in [0.1, 0.15) is 31.9 Å². The number of ether oxygens (including phenoxy) is 2. The van der Waals surface area contributed by atoms with Crippen LogP contribution in [-0.4, -0.2) is 56.9 Å². The Bertz CT molecular complexity index is 820. The Morgan fingerprint density at radius 1 is 1.28 bits per heavy atom. The number of anilines is 1. The van der Waals surface area contributed by atoms with Gasteiger partial charge in [0.2, 0.25) is 11.9 Å². The number of aryl methyl sites for hydroxylation is 1. The second-order valence-electron chi connectivity index (χ2n) is 7.21. The maximum atomic E-state index is 13.2. The summed E-state index contributed by atoms with van der Waals surface area (Å²) in [4.78, 5) is 11.1. The summed E-state index contributed by atoms with van der Waals surface area (Å²) in [6, 6.07) is 2.58. The first-order valence-electron chi connectivity index (χ1n) is 8.55. The van der Waals surface area contributed by atoms with Crippen LogP contribution in [0.4, 0.5) is 14.7 Å². The second kappa shape index (κ2) is 5.00. The molecule has 4 fully saturated rings. The maximum absolute atomic E-state index is 13.2. The highest BCUT2D eigenvalue weighted by atomic mass is 19.3. The molecule has 4 aliphatic heterocycles. The number of hydrogen-bond donors (Lipinski definition) is 0. The van der Waals surface area contributed by atoms with Crippen LogP contribution >= 0.6 is 0 Å². The van der Waals surface area contributed by atoms with Crippen LogP contribution in [0.25, 0.3) is 5.65 Å². The van der Waals surface area contributed by atoms with Crippen LogP contribution in [0.3, 0.4) is 0 Å². The van der Waals surface area contributed by atoms with E-state index >= 15 is 0 Å². The van der Waals surface area contributed by atoms with Crippen molar-refractivity contribution in [2.45, 2.75) is 62.8 Å². The lowest BCUT2D eigenvalue weighted by Gasteiger charge is -2.27. The third kappa shape index (κ3) is 2.28. The number of morpholine rings is 1. The van der Waals surface area contributed by atoms with Gasteiger partial charge in [-0.15, -0.1) is 0 Å². The molecule has 6 heterocycles. The van der Waals surface area contributed by atoms with Gasteiger partial charge in [-0.05, 0) is 26.2 Å². The SMILES string of the molecule is COc1nc(N2C3CC4OC3CC42)n2nc(CCC(C)(F)F)cc2n1. The Hall–Kier alpha value is -2.03. The van der Waals surface area contributed by atoms with Gasteiger partial charge in [-0.3, -0.25) is 0 Å². The van der Waals surface area contributed by atoms with Gasteiger partial charge in [0.05, 0.1) is 37.1 Å². The highest BCUT2D eigenvalue weighted by Crippen LogP contribution is 2.50. The van der Waals surface area contributed by atoms with E-state index in [1.54, 1.807) is 10.6 Å². The minimum Gasteiger partial charge on any atom is -0.467 e. The number of aromatic nitrogens is 4. The molecule has 0 aromatic carbocycles. The van der Waals surface area contributed by atoms with Crippen molar-refractivity contribution in [2.24, 2.45) is 0 Å². The third-order valence-corrected chi connectivity index (χ3v) is 5.44. The standard InChI is InChI=1S/C16H19F2N5O2/c1-16(17,18)4-3-8-5-13-19-14(24-2)20-15(23(13)21-8)22-9-6-11-10(22)7-12(9)25-11/h5,9-12H,3-4,6-7H2,1-2H3. The Kier molecular flexibility index (Phi) is 3.05. The molecule has 0 aliphatic carbocycles. The minimum absolute atomic E-state index is 0.190. The Morgan fingerprint density at radius 3 is 2.60 bits per heavy atom. The van der Waals surface area contributed by atoms with E-state index in [1.807, 2.05) is 0 Å². The molecule has 2 aromatic heterocycles. The fourth-order valence-corrected chi connectivity index (χ4v) is 4.37. The highest BCUT2D eigenvalue weighted by Gasteiger charge is 2.61. The number of hydrogen-bond acceptors (Lipinski definition) is 6. The number of rotatable bonds is 5. The van der Waals surface area contributed by atoms with Crippen LogP contribution < -0.4 is 9.64 Å². The Labute approximate surface area is 142 Å². The van der Waals surface area contributed by atoms with E-state index in [-0.39, 0.29) is 31.1 Å². The first-order chi connectivity index (χ1) is 11.9. The van der Waals surface area contributed by atoms with E-state index in [2.05, 4.69) is 20.0 Å². The molecule has 9 heteroatoms. The Balaban J connectivity index is 1.54. The van der Waals surface area contributed by atoms with Crippen molar-refractivity contribution in [3.8, 4) is 6.01 Å². The molecular weight excluding hydrogens is 332 g/mol. The summed E-state index contributed by atoms with van der Waals surface area (Å²) in [6.45, 7) is 0.922. The quantitative estimate of drug-likeness (QED) is 0.819. The first kappa shape index (κ1) is 15.2. The van der Waals surface area contributed by atoms with Crippen LogP contribution in [0.15, 0.2) is 6.07 Å². The van der Waals surface area contributed by atoms with Crippen molar-refractivity contribution >= 4 is 11.6 Å². The summed E-state index contributed by atoms with van der Waals surface area (Å²) in [5.41, 5.74) is 1.15. The molecule has 25 heavy (non-hydrogen) atoms. The van der Waals surface area contributed by atoms with Crippen molar-refractivity contribution in [3.63, 3.8) is 0 Å². The zero-order chi connectivity index (χ0) is 17.3. The highest BCUT2D eigenvalue weighted by molar-refractivity contribution is 5.52. The molecule has 0 radical (unpaired) electrons. The van der Waals surface area contributed by atoms with Gasteiger partial charge in [-0.25, -0.2) is 8.78 Å². The number of halogens is 2. The van der Waals surface area contributed by atoms with E-state index in [0.29, 0.717) is 29.4 Å². The number of methoxy groups -OCH3 is 1. The van der Waals surface area contributed by atoms with E-state index < -0.39 is 5.92 Å². The topological polar surface area (TPSA) is 64.8 Å². The summed E-state index contributed by atoms with van der Waals surface area (Å²) in [6.07, 6.45) is 2.44. The van der Waals surface area contributed by atoms with Gasteiger partial charge < -0.3 is 14.4 Å². The molecule has 0 saturated carbocycles. The fourth-order valence-electron chi connectivity index (χ4n) is 4.37. The lowest BCUT2D eigenvalue weighted by molar-refractivity contribution is 0.0130. The predicted octanol–water partition coefficient (Wildman–Crippen LogP) is 1.84. The molecule has 0 spiro atoms. The average Bonchev–Trinajstić information content (AvgIpc) is 3.33. The van der Waals surface area contributed by atoms with Crippen molar-refractivity contribution < 1.29 is 18.3 Å². The lowest BCUT2D eigenvalue weighted by Crippen LogP contribution is -2.39. The Morgan fingerprint density at radius 2 is 2.00 bits per heavy atom. The predicted molar refractivity (Wildman–Crippen MR) is 84.2 cm³/mol. The maximum Gasteiger partial charge on any atom is 0.321 e. The summed E-state index contributed by atoms with van der Waals surface area (Å²) in [5.74, 6) is -2.05. The molecule has 134 valence electrons. The van der Waals surface area contributed by atoms with Crippen LogP contribution in [0.2, 0.25) is 0 Å². The molecule has 4 atom stereocenters. The molecule has 0 amide bonds. The van der Waals surface area contributed by atoms with Gasteiger partial charge in [0.1, 0.15) is 0 Å². The largest absolute Gasteiger partial charge is 0.467 e. The minimum atomic E-state index is -2.71. The van der Waals surface area contributed by atoms with Gasteiger partial charge in [-0.1, -0.05) is 0 Å². The molecule has 4 saturated heterocycles. The third-order valence-electron chi connectivity index (χ3n) is 5.44. The van der Waals surface area contributed by atoms with Crippen LogP contribution in [0.5, 0.6) is 6.01 Å². The fraction of sp³-hybridized carbons (Fsp3) is 0.688. The van der Waals surface area contributed by atoms with Gasteiger partial charge in [0, 0.05) is 12.5 Å². The normalized spacial score (nSPS) is 30.2. The average molecular weight is 351 g/mol. The second-order valence-corrected chi connectivity index (χ2v) is 7.21. The summed E-state index contributed by atoms with van der Waals surface area (Å²) in [5, 5.41) is 4.49. The molecule has 4 unspecified atom stereocenters. The van der Waals surface area contributed by atoms with E-state index in [0.717, 1.165) is 19.8 Å². The summed E-state index contributed by atoms with van der Waals surface area (Å²) >= 11 is 0. The van der Waals surface area contributed by atoms with E-state index in [1.165, 1.54) is 7.11 Å². The van der Waals surface area contributed by atoms with Gasteiger partial charge >= 0.3 is 6.01 Å². The molecule has 0 N–H and O–H groups in total. The monoisotopic (exact) mass is 351 g/mol. The first-order valence-corrected chi connectivity index (χ1v) is 8.55. The molecule has 4 aliphatic rings. The van der Waals surface area contributed by atoms with Crippen LogP contribution in [-0.2, 0) is 11.2 Å². The van der Waals surface area contributed by atoms with Gasteiger partial charge in [0.25, 0.3) is 0 Å². The number of fused-ring (bicyclic) bond motifs is 1. The molecule has 4 bridgehead atoms. The van der Waals surface area contributed by atoms with E-state index in [9.17, 15) is 8.78 Å².